The smallest absolute Gasteiger partial charge is 0.309 e. The second kappa shape index (κ2) is 11.8. The number of carbonyl (C=O) groups excluding carboxylic acids is 2. The van der Waals surface area contributed by atoms with Crippen LogP contribution in [0.15, 0.2) is 41.5 Å². The number of hydrogen-bond acceptors (Lipinski definition) is 7. The van der Waals surface area contributed by atoms with Crippen LogP contribution >= 0.6 is 0 Å². The highest BCUT2D eigenvalue weighted by Gasteiger charge is 2.36. The Morgan fingerprint density at radius 1 is 1.00 bits per heavy atom. The average molecular weight is 508 g/mol. The van der Waals surface area contributed by atoms with Gasteiger partial charge in [0.25, 0.3) is 5.91 Å². The van der Waals surface area contributed by atoms with Crippen molar-refractivity contribution in [3.63, 3.8) is 0 Å². The first-order chi connectivity index (χ1) is 17.8. The lowest BCUT2D eigenvalue weighted by Gasteiger charge is -2.32. The molecule has 0 aromatic heterocycles. The Hall–Kier alpha value is -3.39. The molecule has 1 unspecified atom stereocenters. The highest BCUT2D eigenvalue weighted by atomic mass is 16.5. The number of benzene rings is 2. The number of carbonyl (C=O) groups is 2. The van der Waals surface area contributed by atoms with Crippen molar-refractivity contribution >= 4 is 17.6 Å². The summed E-state index contributed by atoms with van der Waals surface area (Å²) in [6.07, 6.45) is 1.97. The molecule has 1 amide bonds. The van der Waals surface area contributed by atoms with Crippen LogP contribution in [0.2, 0.25) is 0 Å². The van der Waals surface area contributed by atoms with E-state index in [9.17, 15) is 9.59 Å². The Bertz CT molecular complexity index is 1170. The molecule has 4 rings (SSSR count). The summed E-state index contributed by atoms with van der Waals surface area (Å²) < 4.78 is 16.2. The number of amides is 1. The van der Waals surface area contributed by atoms with Crippen LogP contribution in [-0.2, 0) is 14.3 Å². The van der Waals surface area contributed by atoms with E-state index in [1.54, 1.807) is 19.2 Å². The number of rotatable bonds is 8. The van der Waals surface area contributed by atoms with E-state index in [0.717, 1.165) is 16.8 Å². The summed E-state index contributed by atoms with van der Waals surface area (Å²) in [6.45, 7) is 7.98. The minimum Gasteiger partial charge on any atom is -0.497 e. The van der Waals surface area contributed by atoms with E-state index in [-0.39, 0.29) is 30.4 Å². The summed E-state index contributed by atoms with van der Waals surface area (Å²) in [6, 6.07) is 11.7. The van der Waals surface area contributed by atoms with Gasteiger partial charge in [0.2, 0.25) is 0 Å². The standard InChI is InChI=1S/C29H37N3O5/c1-6-37-29(34)21-11-13-31(14-12-21)18-28(33)32-26(24-10-9-23(35-4)16-27(24)36-5)17-25(30-32)22-8-7-19(2)20(3)15-22/h7-10,15-16,21,26H,6,11-14,17-18H2,1-5H3. The lowest BCUT2D eigenvalue weighted by molar-refractivity contribution is -0.149. The van der Waals surface area contributed by atoms with Crippen molar-refractivity contribution in [1.82, 2.24) is 9.91 Å². The van der Waals surface area contributed by atoms with Gasteiger partial charge in [-0.1, -0.05) is 12.1 Å². The summed E-state index contributed by atoms with van der Waals surface area (Å²) in [4.78, 5) is 27.9. The molecule has 8 nitrogen and oxygen atoms in total. The Morgan fingerprint density at radius 2 is 1.76 bits per heavy atom. The number of hydrazone groups is 1. The van der Waals surface area contributed by atoms with Gasteiger partial charge in [0, 0.05) is 18.1 Å². The summed E-state index contributed by atoms with van der Waals surface area (Å²) in [7, 11) is 3.24. The van der Waals surface area contributed by atoms with Gasteiger partial charge in [-0.15, -0.1) is 0 Å². The van der Waals surface area contributed by atoms with Crippen molar-refractivity contribution in [1.29, 1.82) is 0 Å². The molecule has 1 atom stereocenters. The van der Waals surface area contributed by atoms with Crippen LogP contribution in [0.4, 0.5) is 0 Å². The molecule has 0 N–H and O–H groups in total. The molecule has 2 aliphatic heterocycles. The third-order valence-electron chi connectivity index (χ3n) is 7.37. The van der Waals surface area contributed by atoms with Gasteiger partial charge in [0.15, 0.2) is 0 Å². The Morgan fingerprint density at radius 3 is 2.41 bits per heavy atom. The van der Waals surface area contributed by atoms with Crippen LogP contribution in [0.3, 0.4) is 0 Å². The topological polar surface area (TPSA) is 80.7 Å². The number of piperidine rings is 1. The second-order valence-corrected chi connectivity index (χ2v) is 9.71. The van der Waals surface area contributed by atoms with E-state index in [1.807, 2.05) is 25.1 Å². The lowest BCUT2D eigenvalue weighted by Crippen LogP contribution is -2.43. The maximum absolute atomic E-state index is 13.7. The molecule has 8 heteroatoms. The molecule has 198 valence electrons. The van der Waals surface area contributed by atoms with Gasteiger partial charge in [-0.25, -0.2) is 5.01 Å². The van der Waals surface area contributed by atoms with Crippen molar-refractivity contribution < 1.29 is 23.8 Å². The van der Waals surface area contributed by atoms with Gasteiger partial charge in [-0.3, -0.25) is 14.5 Å². The van der Waals surface area contributed by atoms with Crippen LogP contribution in [0.1, 0.15) is 54.5 Å². The zero-order valence-corrected chi connectivity index (χ0v) is 22.5. The Kier molecular flexibility index (Phi) is 8.48. The van der Waals surface area contributed by atoms with E-state index in [0.29, 0.717) is 50.5 Å². The van der Waals surface area contributed by atoms with E-state index in [4.69, 9.17) is 19.3 Å². The van der Waals surface area contributed by atoms with Crippen LogP contribution in [0.25, 0.3) is 0 Å². The molecule has 0 bridgehead atoms. The number of ether oxygens (including phenoxy) is 3. The van der Waals surface area contributed by atoms with Gasteiger partial charge in [-0.2, -0.15) is 5.10 Å². The lowest BCUT2D eigenvalue weighted by atomic mass is 9.95. The fourth-order valence-electron chi connectivity index (χ4n) is 5.02. The van der Waals surface area contributed by atoms with E-state index in [2.05, 4.69) is 36.9 Å². The van der Waals surface area contributed by atoms with Crippen molar-refractivity contribution in [2.45, 2.75) is 46.1 Å². The van der Waals surface area contributed by atoms with E-state index < -0.39 is 0 Å². The first-order valence-corrected chi connectivity index (χ1v) is 12.9. The van der Waals surface area contributed by atoms with Gasteiger partial charge in [0.05, 0.1) is 45.0 Å². The molecule has 2 aromatic carbocycles. The third-order valence-corrected chi connectivity index (χ3v) is 7.37. The third kappa shape index (κ3) is 5.96. The summed E-state index contributed by atoms with van der Waals surface area (Å²) >= 11 is 0. The van der Waals surface area contributed by atoms with Crippen LogP contribution in [0.5, 0.6) is 11.5 Å². The van der Waals surface area contributed by atoms with Crippen LogP contribution in [-0.4, -0.2) is 68.0 Å². The summed E-state index contributed by atoms with van der Waals surface area (Å²) in [5.74, 6) is 1.05. The summed E-state index contributed by atoms with van der Waals surface area (Å²) in [5.41, 5.74) is 5.19. The largest absolute Gasteiger partial charge is 0.497 e. The molecule has 2 heterocycles. The van der Waals surface area contributed by atoms with E-state index >= 15 is 0 Å². The highest BCUT2D eigenvalue weighted by Crippen LogP contribution is 2.39. The van der Waals surface area contributed by atoms with Crippen molar-refractivity contribution in [3.8, 4) is 11.5 Å². The molecule has 0 aliphatic carbocycles. The first-order valence-electron chi connectivity index (χ1n) is 12.9. The minimum absolute atomic E-state index is 0.0729. The molecule has 2 aromatic rings. The number of likely N-dealkylation sites (tertiary alicyclic amines) is 1. The van der Waals surface area contributed by atoms with Gasteiger partial charge in [-0.05, 0) is 81.6 Å². The monoisotopic (exact) mass is 507 g/mol. The zero-order chi connectivity index (χ0) is 26.5. The van der Waals surface area contributed by atoms with Gasteiger partial charge >= 0.3 is 5.97 Å². The summed E-state index contributed by atoms with van der Waals surface area (Å²) in [5, 5.41) is 6.47. The average Bonchev–Trinajstić information content (AvgIpc) is 3.36. The quantitative estimate of drug-likeness (QED) is 0.497. The predicted octanol–water partition coefficient (Wildman–Crippen LogP) is 4.27. The molecule has 0 saturated carbocycles. The Labute approximate surface area is 219 Å². The number of aryl methyl sites for hydroxylation is 2. The maximum Gasteiger partial charge on any atom is 0.309 e. The molecule has 0 radical (unpaired) electrons. The van der Waals surface area contributed by atoms with Gasteiger partial charge in [0.1, 0.15) is 11.5 Å². The normalized spacial score (nSPS) is 18.5. The zero-order valence-electron chi connectivity index (χ0n) is 22.5. The Balaban J connectivity index is 1.57. The first kappa shape index (κ1) is 26.7. The molecule has 1 saturated heterocycles. The molecular formula is C29H37N3O5. The van der Waals surface area contributed by atoms with Crippen LogP contribution < -0.4 is 9.47 Å². The van der Waals surface area contributed by atoms with Crippen molar-refractivity contribution in [2.24, 2.45) is 11.0 Å². The molecule has 2 aliphatic rings. The fourth-order valence-corrected chi connectivity index (χ4v) is 5.02. The fraction of sp³-hybridized carbons (Fsp3) is 0.483. The number of hydrogen-bond donors (Lipinski definition) is 0. The van der Waals surface area contributed by atoms with Crippen molar-refractivity contribution in [3.05, 3.63) is 58.7 Å². The maximum atomic E-state index is 13.7. The molecular weight excluding hydrogens is 470 g/mol. The van der Waals surface area contributed by atoms with Crippen LogP contribution in [0, 0.1) is 19.8 Å². The molecule has 1 fully saturated rings. The van der Waals surface area contributed by atoms with Crippen molar-refractivity contribution in [2.75, 3.05) is 40.5 Å². The molecule has 0 spiro atoms. The van der Waals surface area contributed by atoms with E-state index in [1.165, 1.54) is 11.1 Å². The SMILES string of the molecule is CCOC(=O)C1CCN(CC(=O)N2N=C(c3ccc(C)c(C)c3)CC2c2ccc(OC)cc2OC)CC1. The predicted molar refractivity (Wildman–Crippen MR) is 142 cm³/mol. The second-order valence-electron chi connectivity index (χ2n) is 9.71. The number of nitrogens with zero attached hydrogens (tertiary/aromatic N) is 3. The minimum atomic E-state index is -0.290. The number of esters is 1. The molecule has 37 heavy (non-hydrogen) atoms. The highest BCUT2D eigenvalue weighted by molar-refractivity contribution is 6.03. The number of methoxy groups -OCH3 is 2. The van der Waals surface area contributed by atoms with Gasteiger partial charge < -0.3 is 14.2 Å².